The standard InChI is InChI=1S/C12H23NOS2/c1-2-3-8-15-10-11-16-9-7-13-6-4-5-12(13)14/h2-11H2,1H3. The third-order valence-corrected chi connectivity index (χ3v) is 4.98. The average molecular weight is 261 g/mol. The summed E-state index contributed by atoms with van der Waals surface area (Å²) >= 11 is 4.05. The Morgan fingerprint density at radius 2 is 1.94 bits per heavy atom. The zero-order valence-corrected chi connectivity index (χ0v) is 11.9. The highest BCUT2D eigenvalue weighted by Gasteiger charge is 2.18. The van der Waals surface area contributed by atoms with Gasteiger partial charge in [-0.15, -0.1) is 0 Å². The van der Waals surface area contributed by atoms with Crippen molar-refractivity contribution in [3.05, 3.63) is 0 Å². The first kappa shape index (κ1) is 14.2. The van der Waals surface area contributed by atoms with E-state index in [0.29, 0.717) is 5.91 Å². The minimum absolute atomic E-state index is 0.359. The molecule has 0 saturated carbocycles. The number of hydrogen-bond donors (Lipinski definition) is 0. The molecule has 94 valence electrons. The van der Waals surface area contributed by atoms with Gasteiger partial charge in [-0.25, -0.2) is 0 Å². The summed E-state index contributed by atoms with van der Waals surface area (Å²) < 4.78 is 0. The van der Waals surface area contributed by atoms with Crippen molar-refractivity contribution in [2.75, 3.05) is 36.1 Å². The van der Waals surface area contributed by atoms with Crippen LogP contribution in [0.2, 0.25) is 0 Å². The van der Waals surface area contributed by atoms with E-state index in [-0.39, 0.29) is 0 Å². The molecule has 0 aromatic carbocycles. The van der Waals surface area contributed by atoms with E-state index in [4.69, 9.17) is 0 Å². The van der Waals surface area contributed by atoms with Gasteiger partial charge in [0.25, 0.3) is 0 Å². The Kier molecular flexibility index (Phi) is 8.21. The summed E-state index contributed by atoms with van der Waals surface area (Å²) in [5, 5.41) is 0. The van der Waals surface area contributed by atoms with Crippen LogP contribution in [0.4, 0.5) is 0 Å². The maximum absolute atomic E-state index is 11.3. The molecule has 0 radical (unpaired) electrons. The van der Waals surface area contributed by atoms with Crippen molar-refractivity contribution in [1.29, 1.82) is 0 Å². The second-order valence-corrected chi connectivity index (χ2v) is 6.51. The van der Waals surface area contributed by atoms with Crippen molar-refractivity contribution in [3.8, 4) is 0 Å². The SMILES string of the molecule is CCCCSCCSCCN1CCCC1=O. The first-order valence-electron chi connectivity index (χ1n) is 6.28. The molecule has 1 aliphatic rings. The van der Waals surface area contributed by atoms with Gasteiger partial charge in [-0.2, -0.15) is 23.5 Å². The molecule has 0 aromatic rings. The molecular formula is C12H23NOS2. The average Bonchev–Trinajstić information content (AvgIpc) is 2.68. The second-order valence-electron chi connectivity index (χ2n) is 4.06. The van der Waals surface area contributed by atoms with Crippen LogP contribution in [0.1, 0.15) is 32.6 Å². The van der Waals surface area contributed by atoms with E-state index >= 15 is 0 Å². The van der Waals surface area contributed by atoms with Crippen LogP contribution in [-0.2, 0) is 4.79 Å². The van der Waals surface area contributed by atoms with Crippen LogP contribution in [0.25, 0.3) is 0 Å². The fourth-order valence-electron chi connectivity index (χ4n) is 1.68. The van der Waals surface area contributed by atoms with Crippen LogP contribution < -0.4 is 0 Å². The van der Waals surface area contributed by atoms with Crippen LogP contribution in [0, 0.1) is 0 Å². The van der Waals surface area contributed by atoms with Gasteiger partial charge in [0.2, 0.25) is 5.91 Å². The van der Waals surface area contributed by atoms with Crippen LogP contribution in [0.15, 0.2) is 0 Å². The summed E-state index contributed by atoms with van der Waals surface area (Å²) in [6, 6.07) is 0. The van der Waals surface area contributed by atoms with E-state index in [9.17, 15) is 4.79 Å². The summed E-state index contributed by atoms with van der Waals surface area (Å²) in [4.78, 5) is 13.3. The Hall–Kier alpha value is 0.170. The topological polar surface area (TPSA) is 20.3 Å². The number of likely N-dealkylation sites (tertiary alicyclic amines) is 1. The number of unbranched alkanes of at least 4 members (excludes halogenated alkanes) is 1. The quantitative estimate of drug-likeness (QED) is 0.595. The fourth-order valence-corrected chi connectivity index (χ4v) is 3.88. The van der Waals surface area contributed by atoms with E-state index in [1.54, 1.807) is 0 Å². The van der Waals surface area contributed by atoms with Crippen LogP contribution >= 0.6 is 23.5 Å². The van der Waals surface area contributed by atoms with Gasteiger partial charge in [0.05, 0.1) is 0 Å². The van der Waals surface area contributed by atoms with E-state index in [1.807, 2.05) is 16.7 Å². The number of rotatable bonds is 9. The number of hydrogen-bond acceptors (Lipinski definition) is 3. The van der Waals surface area contributed by atoms with Gasteiger partial charge >= 0.3 is 0 Å². The Bertz CT molecular complexity index is 199. The predicted molar refractivity (Wildman–Crippen MR) is 75.4 cm³/mol. The summed E-state index contributed by atoms with van der Waals surface area (Å²) in [6.07, 6.45) is 4.49. The molecule has 0 N–H and O–H groups in total. The van der Waals surface area contributed by atoms with Gasteiger partial charge < -0.3 is 4.90 Å². The minimum atomic E-state index is 0.359. The Labute approximate surface area is 108 Å². The zero-order chi connectivity index (χ0) is 11.6. The third-order valence-electron chi connectivity index (χ3n) is 2.69. The van der Waals surface area contributed by atoms with Gasteiger partial charge in [0.1, 0.15) is 0 Å². The Balaban J connectivity index is 1.83. The van der Waals surface area contributed by atoms with E-state index in [2.05, 4.69) is 18.7 Å². The van der Waals surface area contributed by atoms with Crippen molar-refractivity contribution in [2.45, 2.75) is 32.6 Å². The molecule has 1 amide bonds. The number of carbonyl (C=O) groups is 1. The number of carbonyl (C=O) groups excluding carboxylic acids is 1. The van der Waals surface area contributed by atoms with Crippen LogP contribution in [0.5, 0.6) is 0 Å². The second kappa shape index (κ2) is 9.23. The number of nitrogens with zero attached hydrogens (tertiary/aromatic N) is 1. The molecule has 4 heteroatoms. The molecule has 1 saturated heterocycles. The number of thioether (sulfide) groups is 2. The molecule has 0 aliphatic carbocycles. The maximum Gasteiger partial charge on any atom is 0.222 e. The van der Waals surface area contributed by atoms with E-state index < -0.39 is 0 Å². The Morgan fingerprint density at radius 1 is 1.19 bits per heavy atom. The van der Waals surface area contributed by atoms with Crippen LogP contribution in [-0.4, -0.2) is 46.9 Å². The highest BCUT2D eigenvalue weighted by Crippen LogP contribution is 2.12. The maximum atomic E-state index is 11.3. The molecule has 0 atom stereocenters. The smallest absolute Gasteiger partial charge is 0.222 e. The first-order chi connectivity index (χ1) is 7.84. The summed E-state index contributed by atoms with van der Waals surface area (Å²) in [7, 11) is 0. The van der Waals surface area contributed by atoms with E-state index in [0.717, 1.165) is 31.7 Å². The Morgan fingerprint density at radius 3 is 2.56 bits per heavy atom. The van der Waals surface area contributed by atoms with Crippen molar-refractivity contribution >= 4 is 29.4 Å². The van der Waals surface area contributed by atoms with Gasteiger partial charge in [-0.3, -0.25) is 4.79 Å². The lowest BCUT2D eigenvalue weighted by Crippen LogP contribution is -2.27. The first-order valence-corrected chi connectivity index (χ1v) is 8.58. The highest BCUT2D eigenvalue weighted by molar-refractivity contribution is 8.02. The molecule has 0 spiro atoms. The van der Waals surface area contributed by atoms with Crippen LogP contribution in [0.3, 0.4) is 0 Å². The van der Waals surface area contributed by atoms with Crippen molar-refractivity contribution in [1.82, 2.24) is 4.90 Å². The van der Waals surface area contributed by atoms with Gasteiger partial charge in [0, 0.05) is 36.8 Å². The van der Waals surface area contributed by atoms with Gasteiger partial charge in [-0.05, 0) is 18.6 Å². The molecule has 2 nitrogen and oxygen atoms in total. The molecule has 16 heavy (non-hydrogen) atoms. The summed E-state index contributed by atoms with van der Waals surface area (Å²) in [5.41, 5.74) is 0. The zero-order valence-electron chi connectivity index (χ0n) is 10.2. The molecule has 1 aliphatic heterocycles. The highest BCUT2D eigenvalue weighted by atomic mass is 32.2. The predicted octanol–water partition coefficient (Wildman–Crippen LogP) is 2.88. The summed E-state index contributed by atoms with van der Waals surface area (Å²) in [5.74, 6) is 5.27. The fraction of sp³-hybridized carbons (Fsp3) is 0.917. The molecule has 1 heterocycles. The lowest BCUT2D eigenvalue weighted by molar-refractivity contribution is -0.127. The molecule has 0 aromatic heterocycles. The lowest BCUT2D eigenvalue weighted by Gasteiger charge is -2.14. The largest absolute Gasteiger partial charge is 0.342 e. The van der Waals surface area contributed by atoms with E-state index in [1.165, 1.54) is 30.1 Å². The monoisotopic (exact) mass is 261 g/mol. The van der Waals surface area contributed by atoms with Gasteiger partial charge in [0.15, 0.2) is 0 Å². The molecule has 0 bridgehead atoms. The number of amides is 1. The van der Waals surface area contributed by atoms with Crippen molar-refractivity contribution < 1.29 is 4.79 Å². The molecular weight excluding hydrogens is 238 g/mol. The lowest BCUT2D eigenvalue weighted by atomic mass is 10.4. The third kappa shape index (κ3) is 6.04. The minimum Gasteiger partial charge on any atom is -0.342 e. The van der Waals surface area contributed by atoms with Crippen molar-refractivity contribution in [3.63, 3.8) is 0 Å². The molecule has 0 unspecified atom stereocenters. The summed E-state index contributed by atoms with van der Waals surface area (Å²) in [6.45, 7) is 4.19. The molecule has 1 fully saturated rings. The van der Waals surface area contributed by atoms with Crippen molar-refractivity contribution in [2.24, 2.45) is 0 Å². The normalized spacial score (nSPS) is 16.1. The molecule has 1 rings (SSSR count). The van der Waals surface area contributed by atoms with Gasteiger partial charge in [-0.1, -0.05) is 13.3 Å².